The first-order chi connectivity index (χ1) is 8.42. The van der Waals surface area contributed by atoms with Crippen LogP contribution in [0.2, 0.25) is 0 Å². The summed E-state index contributed by atoms with van der Waals surface area (Å²) in [7, 11) is 0. The summed E-state index contributed by atoms with van der Waals surface area (Å²) in [4.78, 5) is 0. The molecule has 0 spiro atoms. The fraction of sp³-hybridized carbons (Fsp3) is 0.125. The van der Waals surface area contributed by atoms with E-state index in [1.54, 1.807) is 0 Å². The molecular formula is C16H15N. The maximum absolute atomic E-state index is 3.77. The monoisotopic (exact) mass is 221 g/mol. The first-order valence-corrected chi connectivity index (χ1v) is 5.94. The molecular weight excluding hydrogens is 206 g/mol. The van der Waals surface area contributed by atoms with Gasteiger partial charge >= 0.3 is 0 Å². The molecule has 0 aliphatic heterocycles. The summed E-state index contributed by atoms with van der Waals surface area (Å²) in [6.45, 7) is 4.60. The molecule has 0 heterocycles. The molecule has 2 aromatic carbocycles. The molecule has 1 nitrogen and oxygen atoms in total. The number of fused-ring (bicyclic) bond motifs is 3. The molecule has 3 rings (SSSR count). The number of nitrogens with one attached hydrogen (secondary N) is 1. The van der Waals surface area contributed by atoms with Crippen LogP contribution in [-0.4, -0.2) is 6.54 Å². The van der Waals surface area contributed by atoms with Gasteiger partial charge in [-0.15, -0.1) is 6.58 Å². The van der Waals surface area contributed by atoms with Crippen molar-refractivity contribution in [3.63, 3.8) is 0 Å². The van der Waals surface area contributed by atoms with E-state index in [1.165, 1.54) is 22.3 Å². The highest BCUT2D eigenvalue weighted by Crippen LogP contribution is 2.42. The van der Waals surface area contributed by atoms with Crippen LogP contribution in [0.25, 0.3) is 11.1 Å². The number of benzene rings is 2. The fourth-order valence-electron chi connectivity index (χ4n) is 2.58. The van der Waals surface area contributed by atoms with Crippen LogP contribution < -0.4 is 5.32 Å². The molecule has 0 atom stereocenters. The molecule has 1 aliphatic rings. The SMILES string of the molecule is C=CCNC1c2ccccc2-c2ccccc21. The third-order valence-electron chi connectivity index (χ3n) is 3.30. The second-order valence-electron chi connectivity index (χ2n) is 4.30. The van der Waals surface area contributed by atoms with Gasteiger partial charge in [0, 0.05) is 6.54 Å². The predicted octanol–water partition coefficient (Wildman–Crippen LogP) is 3.53. The molecule has 0 unspecified atom stereocenters. The van der Waals surface area contributed by atoms with E-state index < -0.39 is 0 Å². The third-order valence-corrected chi connectivity index (χ3v) is 3.30. The van der Waals surface area contributed by atoms with Crippen molar-refractivity contribution in [1.82, 2.24) is 5.32 Å². The zero-order valence-corrected chi connectivity index (χ0v) is 9.69. The van der Waals surface area contributed by atoms with Crippen molar-refractivity contribution in [2.45, 2.75) is 6.04 Å². The van der Waals surface area contributed by atoms with Crippen molar-refractivity contribution in [1.29, 1.82) is 0 Å². The maximum Gasteiger partial charge on any atom is 0.0591 e. The minimum Gasteiger partial charge on any atom is -0.303 e. The lowest BCUT2D eigenvalue weighted by atomic mass is 10.1. The summed E-state index contributed by atoms with van der Waals surface area (Å²) >= 11 is 0. The Morgan fingerprint density at radius 2 is 1.47 bits per heavy atom. The zero-order chi connectivity index (χ0) is 11.7. The van der Waals surface area contributed by atoms with Gasteiger partial charge in [-0.05, 0) is 22.3 Å². The van der Waals surface area contributed by atoms with Crippen LogP contribution in [0.3, 0.4) is 0 Å². The molecule has 0 amide bonds. The Balaban J connectivity index is 2.13. The summed E-state index contributed by atoms with van der Waals surface area (Å²) in [5.74, 6) is 0. The van der Waals surface area contributed by atoms with Crippen molar-refractivity contribution in [2.24, 2.45) is 0 Å². The maximum atomic E-state index is 3.77. The standard InChI is InChI=1S/C16H15N/c1-2-11-17-16-14-9-5-3-7-12(14)13-8-4-6-10-15(13)16/h2-10,16-17H,1,11H2. The molecule has 17 heavy (non-hydrogen) atoms. The van der Waals surface area contributed by atoms with Crippen molar-refractivity contribution in [2.75, 3.05) is 6.54 Å². The van der Waals surface area contributed by atoms with Crippen LogP contribution in [-0.2, 0) is 0 Å². The van der Waals surface area contributed by atoms with Crippen LogP contribution in [0.1, 0.15) is 17.2 Å². The summed E-state index contributed by atoms with van der Waals surface area (Å²) in [5.41, 5.74) is 5.44. The highest BCUT2D eigenvalue weighted by molar-refractivity contribution is 5.78. The lowest BCUT2D eigenvalue weighted by molar-refractivity contribution is 0.666. The Morgan fingerprint density at radius 3 is 2.00 bits per heavy atom. The van der Waals surface area contributed by atoms with E-state index in [9.17, 15) is 0 Å². The first-order valence-electron chi connectivity index (χ1n) is 5.94. The molecule has 0 radical (unpaired) electrons. The van der Waals surface area contributed by atoms with Gasteiger partial charge in [0.25, 0.3) is 0 Å². The van der Waals surface area contributed by atoms with Crippen molar-refractivity contribution in [3.05, 3.63) is 72.3 Å². The molecule has 0 fully saturated rings. The van der Waals surface area contributed by atoms with Crippen LogP contribution in [0.15, 0.2) is 61.2 Å². The quantitative estimate of drug-likeness (QED) is 0.782. The van der Waals surface area contributed by atoms with E-state index in [2.05, 4.69) is 60.4 Å². The lowest BCUT2D eigenvalue weighted by Crippen LogP contribution is -2.20. The smallest absolute Gasteiger partial charge is 0.0591 e. The lowest BCUT2D eigenvalue weighted by Gasteiger charge is -2.14. The first kappa shape index (κ1) is 10.3. The van der Waals surface area contributed by atoms with Gasteiger partial charge in [-0.3, -0.25) is 0 Å². The van der Waals surface area contributed by atoms with Gasteiger partial charge < -0.3 is 5.32 Å². The fourth-order valence-corrected chi connectivity index (χ4v) is 2.58. The molecule has 0 bridgehead atoms. The molecule has 1 aliphatic carbocycles. The average molecular weight is 221 g/mol. The van der Waals surface area contributed by atoms with Crippen LogP contribution in [0.4, 0.5) is 0 Å². The summed E-state index contributed by atoms with van der Waals surface area (Å²) in [5, 5.41) is 3.53. The summed E-state index contributed by atoms with van der Waals surface area (Å²) in [6, 6.07) is 17.5. The molecule has 0 saturated carbocycles. The Labute approximate surface area is 102 Å². The Bertz CT molecular complexity index is 511. The van der Waals surface area contributed by atoms with Crippen LogP contribution in [0, 0.1) is 0 Å². The number of rotatable bonds is 3. The summed E-state index contributed by atoms with van der Waals surface area (Å²) < 4.78 is 0. The molecule has 2 aromatic rings. The third kappa shape index (κ3) is 1.60. The van der Waals surface area contributed by atoms with Gasteiger partial charge in [0.1, 0.15) is 0 Å². The number of hydrogen-bond acceptors (Lipinski definition) is 1. The van der Waals surface area contributed by atoms with E-state index in [0.29, 0.717) is 6.04 Å². The van der Waals surface area contributed by atoms with Gasteiger partial charge in [-0.1, -0.05) is 54.6 Å². The molecule has 1 N–H and O–H groups in total. The van der Waals surface area contributed by atoms with E-state index >= 15 is 0 Å². The van der Waals surface area contributed by atoms with E-state index in [-0.39, 0.29) is 0 Å². The topological polar surface area (TPSA) is 12.0 Å². The minimum absolute atomic E-state index is 0.306. The van der Waals surface area contributed by atoms with Gasteiger partial charge in [-0.2, -0.15) is 0 Å². The van der Waals surface area contributed by atoms with Gasteiger partial charge in [0.15, 0.2) is 0 Å². The van der Waals surface area contributed by atoms with Crippen LogP contribution >= 0.6 is 0 Å². The second-order valence-corrected chi connectivity index (χ2v) is 4.30. The molecule has 0 aromatic heterocycles. The van der Waals surface area contributed by atoms with Gasteiger partial charge in [0.2, 0.25) is 0 Å². The normalized spacial score (nSPS) is 13.2. The van der Waals surface area contributed by atoms with Gasteiger partial charge in [-0.25, -0.2) is 0 Å². The van der Waals surface area contributed by atoms with E-state index in [0.717, 1.165) is 6.54 Å². The Morgan fingerprint density at radius 1 is 0.941 bits per heavy atom. The van der Waals surface area contributed by atoms with Crippen molar-refractivity contribution in [3.8, 4) is 11.1 Å². The summed E-state index contributed by atoms with van der Waals surface area (Å²) in [6.07, 6.45) is 1.91. The van der Waals surface area contributed by atoms with E-state index in [4.69, 9.17) is 0 Å². The average Bonchev–Trinajstić information content (AvgIpc) is 2.71. The molecule has 1 heteroatoms. The molecule has 84 valence electrons. The van der Waals surface area contributed by atoms with Crippen LogP contribution in [0.5, 0.6) is 0 Å². The zero-order valence-electron chi connectivity index (χ0n) is 9.69. The Kier molecular flexibility index (Phi) is 2.54. The second kappa shape index (κ2) is 4.19. The number of hydrogen-bond donors (Lipinski definition) is 1. The predicted molar refractivity (Wildman–Crippen MR) is 71.9 cm³/mol. The minimum atomic E-state index is 0.306. The van der Waals surface area contributed by atoms with E-state index in [1.807, 2.05) is 6.08 Å². The van der Waals surface area contributed by atoms with Gasteiger partial charge in [0.05, 0.1) is 6.04 Å². The van der Waals surface area contributed by atoms with Crippen molar-refractivity contribution >= 4 is 0 Å². The molecule has 0 saturated heterocycles. The largest absolute Gasteiger partial charge is 0.303 e. The van der Waals surface area contributed by atoms with Crippen molar-refractivity contribution < 1.29 is 0 Å². The highest BCUT2D eigenvalue weighted by Gasteiger charge is 2.26. The Hall–Kier alpha value is -1.86. The highest BCUT2D eigenvalue weighted by atomic mass is 14.9.